The summed E-state index contributed by atoms with van der Waals surface area (Å²) in [7, 11) is -3.06. The van der Waals surface area contributed by atoms with Gasteiger partial charge < -0.3 is 5.32 Å². The van der Waals surface area contributed by atoms with Crippen molar-refractivity contribution in [3.05, 3.63) is 52.3 Å². The van der Waals surface area contributed by atoms with Crippen LogP contribution >= 0.6 is 0 Å². The van der Waals surface area contributed by atoms with Gasteiger partial charge in [0.15, 0.2) is 15.5 Å². The minimum Gasteiger partial charge on any atom is -0.322 e. The van der Waals surface area contributed by atoms with Gasteiger partial charge in [0.05, 0.1) is 34.2 Å². The van der Waals surface area contributed by atoms with Crippen LogP contribution in [0.15, 0.2) is 24.3 Å². The van der Waals surface area contributed by atoms with E-state index < -0.39 is 9.84 Å². The van der Waals surface area contributed by atoms with Gasteiger partial charge in [-0.3, -0.25) is 4.79 Å². The molecule has 3 heterocycles. The van der Waals surface area contributed by atoms with Crippen LogP contribution in [0.5, 0.6) is 0 Å². The van der Waals surface area contributed by atoms with E-state index in [2.05, 4.69) is 10.4 Å². The molecule has 1 N–H and O–H groups in total. The number of carbonyl (C=O) groups is 1. The van der Waals surface area contributed by atoms with Crippen LogP contribution in [0.2, 0.25) is 0 Å². The number of aromatic nitrogens is 3. The lowest BCUT2D eigenvalue weighted by Crippen LogP contribution is -2.15. The third-order valence-electron chi connectivity index (χ3n) is 6.42. The van der Waals surface area contributed by atoms with Gasteiger partial charge in [0.2, 0.25) is 0 Å². The second-order valence-electron chi connectivity index (χ2n) is 8.91. The van der Waals surface area contributed by atoms with Crippen molar-refractivity contribution in [2.24, 2.45) is 0 Å². The highest BCUT2D eigenvalue weighted by Crippen LogP contribution is 2.41. The van der Waals surface area contributed by atoms with Crippen LogP contribution in [0, 0.1) is 20.8 Å². The van der Waals surface area contributed by atoms with Gasteiger partial charge in [0.1, 0.15) is 0 Å². The second-order valence-corrected chi connectivity index (χ2v) is 11.1. The van der Waals surface area contributed by atoms with Crippen LogP contribution in [-0.2, 0) is 9.84 Å². The van der Waals surface area contributed by atoms with Crippen LogP contribution in [0.3, 0.4) is 0 Å². The molecule has 0 spiro atoms. The SMILES string of the molecule is Cc1ccc(NC(=O)c2cc(C3CC3)nc3c2c(C)nn3C2CCS(=O)(=O)C2)cc1C. The Morgan fingerprint density at radius 2 is 1.87 bits per heavy atom. The van der Waals surface area contributed by atoms with Gasteiger partial charge in [-0.2, -0.15) is 5.10 Å². The van der Waals surface area contributed by atoms with E-state index >= 15 is 0 Å². The van der Waals surface area contributed by atoms with Gasteiger partial charge in [-0.05, 0) is 69.4 Å². The number of sulfone groups is 1. The number of carbonyl (C=O) groups excluding carboxylic acids is 1. The third kappa shape index (κ3) is 3.73. The van der Waals surface area contributed by atoms with E-state index in [4.69, 9.17) is 4.98 Å². The highest BCUT2D eigenvalue weighted by atomic mass is 32.2. The molecule has 8 heteroatoms. The predicted molar refractivity (Wildman–Crippen MR) is 120 cm³/mol. The number of hydrogen-bond donors (Lipinski definition) is 1. The van der Waals surface area contributed by atoms with Crippen molar-refractivity contribution >= 4 is 32.5 Å². The normalized spacial score (nSPS) is 20.3. The van der Waals surface area contributed by atoms with Crippen molar-refractivity contribution in [3.8, 4) is 0 Å². The average Bonchev–Trinajstić information content (AvgIpc) is 3.43. The van der Waals surface area contributed by atoms with Gasteiger partial charge in [-0.25, -0.2) is 18.1 Å². The Balaban J connectivity index is 1.60. The van der Waals surface area contributed by atoms with Crippen molar-refractivity contribution in [2.75, 3.05) is 16.8 Å². The zero-order valence-electron chi connectivity index (χ0n) is 18.0. The fourth-order valence-electron chi connectivity index (χ4n) is 4.34. The summed E-state index contributed by atoms with van der Waals surface area (Å²) in [6.07, 6.45) is 2.64. The number of rotatable bonds is 4. The van der Waals surface area contributed by atoms with Gasteiger partial charge >= 0.3 is 0 Å². The molecule has 3 aromatic rings. The third-order valence-corrected chi connectivity index (χ3v) is 8.17. The first-order chi connectivity index (χ1) is 14.7. The molecule has 1 saturated carbocycles. The summed E-state index contributed by atoms with van der Waals surface area (Å²) in [5.74, 6) is 0.399. The van der Waals surface area contributed by atoms with Crippen LogP contribution in [0.4, 0.5) is 5.69 Å². The average molecular weight is 439 g/mol. The standard InChI is InChI=1S/C23H26N4O3S/c1-13-4-7-17(10-14(13)2)24-23(28)19-11-20(16-5-6-16)25-22-21(19)15(3)26-27(22)18-8-9-31(29,30)12-18/h4,7,10-11,16,18H,5-6,8-9,12H2,1-3H3,(H,24,28). The molecule has 0 bridgehead atoms. The summed E-state index contributed by atoms with van der Waals surface area (Å²) < 4.78 is 25.8. The summed E-state index contributed by atoms with van der Waals surface area (Å²) in [4.78, 5) is 18.2. The van der Waals surface area contributed by atoms with Gasteiger partial charge in [-0.1, -0.05) is 6.07 Å². The van der Waals surface area contributed by atoms with Crippen LogP contribution in [0.1, 0.15) is 64.1 Å². The molecule has 1 unspecified atom stereocenters. The molecule has 162 valence electrons. The zero-order valence-corrected chi connectivity index (χ0v) is 18.8. The van der Waals surface area contributed by atoms with Gasteiger partial charge in [-0.15, -0.1) is 0 Å². The molecule has 2 aliphatic rings. The molecule has 31 heavy (non-hydrogen) atoms. The summed E-state index contributed by atoms with van der Waals surface area (Å²) in [5.41, 5.74) is 5.79. The number of pyridine rings is 1. The molecule has 1 aromatic carbocycles. The van der Waals surface area contributed by atoms with E-state index in [0.717, 1.165) is 29.8 Å². The minimum absolute atomic E-state index is 0.0722. The topological polar surface area (TPSA) is 93.9 Å². The molecular weight excluding hydrogens is 412 g/mol. The summed E-state index contributed by atoms with van der Waals surface area (Å²) >= 11 is 0. The number of amides is 1. The Morgan fingerprint density at radius 3 is 2.52 bits per heavy atom. The number of aryl methyl sites for hydroxylation is 3. The Kier molecular flexibility index (Phi) is 4.66. The van der Waals surface area contributed by atoms with E-state index in [-0.39, 0.29) is 23.5 Å². The quantitative estimate of drug-likeness (QED) is 0.668. The molecule has 5 rings (SSSR count). The van der Waals surface area contributed by atoms with Gasteiger partial charge in [0, 0.05) is 17.3 Å². The second kappa shape index (κ2) is 7.15. The van der Waals surface area contributed by atoms with E-state index in [0.29, 0.717) is 34.6 Å². The molecule has 1 aliphatic heterocycles. The van der Waals surface area contributed by atoms with E-state index in [1.807, 2.05) is 45.0 Å². The van der Waals surface area contributed by atoms with E-state index in [1.54, 1.807) is 4.68 Å². The first kappa shape index (κ1) is 20.2. The maximum atomic E-state index is 13.3. The smallest absolute Gasteiger partial charge is 0.256 e. The number of hydrogen-bond acceptors (Lipinski definition) is 5. The number of benzene rings is 1. The fourth-order valence-corrected chi connectivity index (χ4v) is 6.03. The van der Waals surface area contributed by atoms with Crippen molar-refractivity contribution in [1.29, 1.82) is 0 Å². The predicted octanol–water partition coefficient (Wildman–Crippen LogP) is 3.85. The first-order valence-corrected chi connectivity index (χ1v) is 12.5. The van der Waals surface area contributed by atoms with Crippen molar-refractivity contribution < 1.29 is 13.2 Å². The molecular formula is C23H26N4O3S. The maximum absolute atomic E-state index is 13.3. The monoisotopic (exact) mass is 438 g/mol. The Morgan fingerprint density at radius 1 is 1.10 bits per heavy atom. The summed E-state index contributed by atoms with van der Waals surface area (Å²) in [5, 5.41) is 8.37. The highest BCUT2D eigenvalue weighted by Gasteiger charge is 2.34. The first-order valence-electron chi connectivity index (χ1n) is 10.7. The Bertz CT molecular complexity index is 1320. The molecule has 2 aromatic heterocycles. The molecule has 0 radical (unpaired) electrons. The van der Waals surface area contributed by atoms with Crippen molar-refractivity contribution in [2.45, 2.75) is 52.0 Å². The molecule has 1 saturated heterocycles. The van der Waals surface area contributed by atoms with Crippen LogP contribution in [-0.4, -0.2) is 40.6 Å². The number of anilines is 1. The lowest BCUT2D eigenvalue weighted by molar-refractivity contribution is 0.102. The minimum atomic E-state index is -3.06. The number of nitrogens with zero attached hydrogens (tertiary/aromatic N) is 3. The van der Waals surface area contributed by atoms with Crippen molar-refractivity contribution in [3.63, 3.8) is 0 Å². The Labute approximate surface area is 181 Å². The Hall–Kier alpha value is -2.74. The van der Waals surface area contributed by atoms with Crippen molar-refractivity contribution in [1.82, 2.24) is 14.8 Å². The van der Waals surface area contributed by atoms with Crippen LogP contribution < -0.4 is 5.32 Å². The molecule has 1 aliphatic carbocycles. The largest absolute Gasteiger partial charge is 0.322 e. The highest BCUT2D eigenvalue weighted by molar-refractivity contribution is 7.91. The summed E-state index contributed by atoms with van der Waals surface area (Å²) in [6.45, 7) is 5.91. The lowest BCUT2D eigenvalue weighted by Gasteiger charge is -2.12. The number of nitrogens with one attached hydrogen (secondary N) is 1. The number of fused-ring (bicyclic) bond motifs is 1. The molecule has 2 fully saturated rings. The molecule has 7 nitrogen and oxygen atoms in total. The maximum Gasteiger partial charge on any atom is 0.256 e. The van der Waals surface area contributed by atoms with Crippen LogP contribution in [0.25, 0.3) is 11.0 Å². The lowest BCUT2D eigenvalue weighted by atomic mass is 10.1. The van der Waals surface area contributed by atoms with E-state index in [1.165, 1.54) is 5.56 Å². The van der Waals surface area contributed by atoms with Gasteiger partial charge in [0.25, 0.3) is 5.91 Å². The zero-order chi connectivity index (χ0) is 21.9. The fraction of sp³-hybridized carbons (Fsp3) is 0.435. The van der Waals surface area contributed by atoms with E-state index in [9.17, 15) is 13.2 Å². The molecule has 1 amide bonds. The summed E-state index contributed by atoms with van der Waals surface area (Å²) in [6, 6.07) is 7.51. The molecule has 1 atom stereocenters.